The van der Waals surface area contributed by atoms with Crippen LogP contribution < -0.4 is 4.74 Å². The molecule has 1 aliphatic carbocycles. The Labute approximate surface area is 126 Å². The number of rotatable bonds is 7. The van der Waals surface area contributed by atoms with Gasteiger partial charge in [0.15, 0.2) is 0 Å². The van der Waals surface area contributed by atoms with Gasteiger partial charge >= 0.3 is 12.1 Å². The van der Waals surface area contributed by atoms with E-state index in [-0.39, 0.29) is 12.6 Å². The first-order chi connectivity index (χ1) is 10.3. The fourth-order valence-electron chi connectivity index (χ4n) is 2.25. The highest BCUT2D eigenvalue weighted by atomic mass is 19.4. The maximum atomic E-state index is 12.4. The first-order valence-corrected chi connectivity index (χ1v) is 7.07. The summed E-state index contributed by atoms with van der Waals surface area (Å²) in [5.41, 5.74) is -0.723. The van der Waals surface area contributed by atoms with Crippen molar-refractivity contribution >= 4 is 5.97 Å². The minimum atomic E-state index is -4.36. The van der Waals surface area contributed by atoms with E-state index in [4.69, 9.17) is 9.84 Å². The highest BCUT2D eigenvalue weighted by Crippen LogP contribution is 2.30. The van der Waals surface area contributed by atoms with Crippen LogP contribution in [0.2, 0.25) is 0 Å². The topological polar surface area (TPSA) is 49.8 Å². The van der Waals surface area contributed by atoms with Gasteiger partial charge in [-0.2, -0.15) is 13.2 Å². The van der Waals surface area contributed by atoms with Crippen molar-refractivity contribution < 1.29 is 27.8 Å². The van der Waals surface area contributed by atoms with E-state index in [1.807, 2.05) is 4.90 Å². The SMILES string of the molecule is CC(C(=O)O)N(CCOc1ccc(C(F)(F)F)cc1)C1CC1. The molecular formula is C15H18F3NO3. The van der Waals surface area contributed by atoms with Gasteiger partial charge in [-0.15, -0.1) is 0 Å². The monoisotopic (exact) mass is 317 g/mol. The average Bonchev–Trinajstić information content (AvgIpc) is 3.27. The molecule has 2 rings (SSSR count). The van der Waals surface area contributed by atoms with Gasteiger partial charge in [0.1, 0.15) is 18.4 Å². The second-order valence-corrected chi connectivity index (χ2v) is 5.35. The van der Waals surface area contributed by atoms with Gasteiger partial charge in [0, 0.05) is 12.6 Å². The van der Waals surface area contributed by atoms with Crippen LogP contribution in [0.15, 0.2) is 24.3 Å². The summed E-state index contributed by atoms with van der Waals surface area (Å²) in [6.07, 6.45) is -2.42. The third-order valence-corrected chi connectivity index (χ3v) is 3.67. The number of hydrogen-bond donors (Lipinski definition) is 1. The molecule has 1 saturated carbocycles. The van der Waals surface area contributed by atoms with Gasteiger partial charge in [0.05, 0.1) is 5.56 Å². The maximum Gasteiger partial charge on any atom is 0.416 e. The number of carboxylic acids is 1. The quantitative estimate of drug-likeness (QED) is 0.840. The molecule has 7 heteroatoms. The Balaban J connectivity index is 1.86. The molecule has 0 aliphatic heterocycles. The number of aliphatic carboxylic acids is 1. The molecule has 0 radical (unpaired) electrons. The predicted molar refractivity (Wildman–Crippen MR) is 73.8 cm³/mol. The van der Waals surface area contributed by atoms with Gasteiger partial charge in [-0.25, -0.2) is 0 Å². The van der Waals surface area contributed by atoms with E-state index >= 15 is 0 Å². The Kier molecular flexibility index (Phi) is 4.95. The maximum absolute atomic E-state index is 12.4. The fraction of sp³-hybridized carbons (Fsp3) is 0.533. The number of alkyl halides is 3. The summed E-state index contributed by atoms with van der Waals surface area (Å²) in [5, 5.41) is 9.06. The first-order valence-electron chi connectivity index (χ1n) is 7.07. The van der Waals surface area contributed by atoms with Gasteiger partial charge in [0.25, 0.3) is 0 Å². The molecule has 1 atom stereocenters. The zero-order valence-electron chi connectivity index (χ0n) is 12.1. The molecule has 1 aliphatic rings. The predicted octanol–water partition coefficient (Wildman–Crippen LogP) is 3.02. The van der Waals surface area contributed by atoms with Crippen LogP contribution >= 0.6 is 0 Å². The fourth-order valence-corrected chi connectivity index (χ4v) is 2.25. The Bertz CT molecular complexity index is 512. The number of carboxylic acid groups (broad SMARTS) is 1. The molecule has 1 unspecified atom stereocenters. The molecule has 4 nitrogen and oxygen atoms in total. The summed E-state index contributed by atoms with van der Waals surface area (Å²) in [7, 11) is 0. The number of ether oxygens (including phenoxy) is 1. The van der Waals surface area contributed by atoms with Crippen LogP contribution in [-0.2, 0) is 11.0 Å². The lowest BCUT2D eigenvalue weighted by molar-refractivity contribution is -0.143. The van der Waals surface area contributed by atoms with E-state index in [0.717, 1.165) is 25.0 Å². The molecule has 1 aromatic carbocycles. The largest absolute Gasteiger partial charge is 0.492 e. The van der Waals surface area contributed by atoms with Crippen LogP contribution in [0, 0.1) is 0 Å². The van der Waals surface area contributed by atoms with Gasteiger partial charge in [-0.3, -0.25) is 9.69 Å². The Morgan fingerprint density at radius 2 is 1.95 bits per heavy atom. The highest BCUT2D eigenvalue weighted by molar-refractivity contribution is 5.73. The van der Waals surface area contributed by atoms with Gasteiger partial charge in [-0.05, 0) is 44.0 Å². The lowest BCUT2D eigenvalue weighted by Gasteiger charge is -2.25. The Morgan fingerprint density at radius 1 is 1.36 bits per heavy atom. The lowest BCUT2D eigenvalue weighted by atomic mass is 10.2. The third kappa shape index (κ3) is 4.37. The smallest absolute Gasteiger partial charge is 0.416 e. The summed E-state index contributed by atoms with van der Waals surface area (Å²) < 4.78 is 42.7. The van der Waals surface area contributed by atoms with Crippen molar-refractivity contribution in [2.45, 2.75) is 38.0 Å². The molecule has 1 aromatic rings. The van der Waals surface area contributed by atoms with E-state index in [2.05, 4.69) is 0 Å². The Hall–Kier alpha value is -1.76. The molecule has 0 saturated heterocycles. The van der Waals surface area contributed by atoms with Crippen molar-refractivity contribution in [1.82, 2.24) is 4.90 Å². The summed E-state index contributed by atoms with van der Waals surface area (Å²) in [5.74, 6) is -0.548. The second-order valence-electron chi connectivity index (χ2n) is 5.35. The summed E-state index contributed by atoms with van der Waals surface area (Å²) in [6.45, 7) is 2.29. The van der Waals surface area contributed by atoms with Crippen molar-refractivity contribution in [3.05, 3.63) is 29.8 Å². The van der Waals surface area contributed by atoms with Crippen molar-refractivity contribution in [2.24, 2.45) is 0 Å². The first kappa shape index (κ1) is 16.6. The van der Waals surface area contributed by atoms with Crippen molar-refractivity contribution in [1.29, 1.82) is 0 Å². The molecule has 122 valence electrons. The molecule has 0 bridgehead atoms. The molecule has 0 spiro atoms. The molecule has 1 N–H and O–H groups in total. The van der Waals surface area contributed by atoms with Crippen LogP contribution in [0.25, 0.3) is 0 Å². The Morgan fingerprint density at radius 3 is 2.41 bits per heavy atom. The zero-order valence-corrected chi connectivity index (χ0v) is 12.1. The minimum absolute atomic E-state index is 0.236. The van der Waals surface area contributed by atoms with Crippen molar-refractivity contribution in [2.75, 3.05) is 13.2 Å². The molecule has 0 aromatic heterocycles. The van der Waals surface area contributed by atoms with E-state index in [9.17, 15) is 18.0 Å². The number of nitrogens with zero attached hydrogens (tertiary/aromatic N) is 1. The molecule has 22 heavy (non-hydrogen) atoms. The lowest BCUT2D eigenvalue weighted by Crippen LogP contribution is -2.42. The highest BCUT2D eigenvalue weighted by Gasteiger charge is 2.34. The van der Waals surface area contributed by atoms with Crippen molar-refractivity contribution in [3.63, 3.8) is 0 Å². The zero-order chi connectivity index (χ0) is 16.3. The van der Waals surface area contributed by atoms with Crippen LogP contribution in [0.4, 0.5) is 13.2 Å². The van der Waals surface area contributed by atoms with Gasteiger partial charge in [0.2, 0.25) is 0 Å². The number of benzene rings is 1. The normalized spacial score (nSPS) is 16.6. The van der Waals surface area contributed by atoms with Crippen LogP contribution in [-0.4, -0.2) is 41.2 Å². The van der Waals surface area contributed by atoms with Crippen molar-refractivity contribution in [3.8, 4) is 5.75 Å². The van der Waals surface area contributed by atoms with E-state index in [0.29, 0.717) is 12.3 Å². The van der Waals surface area contributed by atoms with Gasteiger partial charge in [-0.1, -0.05) is 0 Å². The number of halogens is 3. The second kappa shape index (κ2) is 6.56. The number of carbonyl (C=O) groups is 1. The van der Waals surface area contributed by atoms with Crippen LogP contribution in [0.5, 0.6) is 5.75 Å². The molecule has 0 amide bonds. The molecule has 0 heterocycles. The van der Waals surface area contributed by atoms with Crippen LogP contribution in [0.3, 0.4) is 0 Å². The minimum Gasteiger partial charge on any atom is -0.492 e. The number of hydrogen-bond acceptors (Lipinski definition) is 3. The average molecular weight is 317 g/mol. The molecule has 1 fully saturated rings. The van der Waals surface area contributed by atoms with Gasteiger partial charge < -0.3 is 9.84 Å². The van der Waals surface area contributed by atoms with E-state index in [1.54, 1.807) is 6.92 Å². The third-order valence-electron chi connectivity index (χ3n) is 3.67. The summed E-state index contributed by atoms with van der Waals surface area (Å²) >= 11 is 0. The van der Waals surface area contributed by atoms with Crippen LogP contribution in [0.1, 0.15) is 25.3 Å². The summed E-state index contributed by atoms with van der Waals surface area (Å²) in [4.78, 5) is 12.9. The standard InChI is InChI=1S/C15H18F3NO3/c1-10(14(20)21)19(12-4-5-12)8-9-22-13-6-2-11(3-7-13)15(16,17)18/h2-3,6-7,10,12H,4-5,8-9H2,1H3,(H,20,21). The summed E-state index contributed by atoms with van der Waals surface area (Å²) in [6, 6.07) is 4.14. The van der Waals surface area contributed by atoms with E-state index in [1.165, 1.54) is 12.1 Å². The van der Waals surface area contributed by atoms with E-state index < -0.39 is 23.8 Å². The molecular weight excluding hydrogens is 299 g/mol.